The van der Waals surface area contributed by atoms with E-state index in [0.717, 1.165) is 12.0 Å². The lowest BCUT2D eigenvalue weighted by molar-refractivity contribution is -0.117. The summed E-state index contributed by atoms with van der Waals surface area (Å²) >= 11 is 0. The van der Waals surface area contributed by atoms with Gasteiger partial charge in [0.25, 0.3) is 0 Å². The van der Waals surface area contributed by atoms with E-state index in [9.17, 15) is 13.2 Å². The van der Waals surface area contributed by atoms with Crippen LogP contribution in [-0.2, 0) is 21.2 Å². The molecule has 0 aliphatic rings. The van der Waals surface area contributed by atoms with E-state index in [0.29, 0.717) is 29.4 Å². The van der Waals surface area contributed by atoms with E-state index in [1.54, 1.807) is 79.5 Å². The van der Waals surface area contributed by atoms with Crippen LogP contribution in [0.25, 0.3) is 6.20 Å². The van der Waals surface area contributed by atoms with Gasteiger partial charge in [0.15, 0.2) is 0 Å². The van der Waals surface area contributed by atoms with Crippen molar-refractivity contribution in [3.05, 3.63) is 71.6 Å². The number of rotatable bonds is 10. The first-order valence-electron chi connectivity index (χ1n) is 10.8. The Morgan fingerprint density at radius 3 is 2.62 bits per heavy atom. The number of aliphatic imine (C=N–C) groups is 1. The third-order valence-electron chi connectivity index (χ3n) is 5.08. The molecule has 0 aliphatic heterocycles. The van der Waals surface area contributed by atoms with Gasteiger partial charge in [-0.05, 0) is 68.4 Å². The summed E-state index contributed by atoms with van der Waals surface area (Å²) in [5, 5.41) is 2.82. The normalized spacial score (nSPS) is 11.8. The van der Waals surface area contributed by atoms with Crippen molar-refractivity contribution in [2.24, 2.45) is 4.99 Å². The maximum atomic E-state index is 13.1. The van der Waals surface area contributed by atoms with Crippen molar-refractivity contribution in [2.45, 2.75) is 43.5 Å². The second-order valence-corrected chi connectivity index (χ2v) is 9.63. The minimum Gasteiger partial charge on any atom is -0.494 e. The molecule has 0 radical (unpaired) electrons. The summed E-state index contributed by atoms with van der Waals surface area (Å²) in [5.74, 6) is 0.780. The second kappa shape index (κ2) is 10.9. The van der Waals surface area contributed by atoms with Crippen LogP contribution in [0.15, 0.2) is 75.2 Å². The number of ether oxygens (including phenoxy) is 1. The molecule has 9 heteroatoms. The Morgan fingerprint density at radius 1 is 1.24 bits per heavy atom. The van der Waals surface area contributed by atoms with Gasteiger partial charge in [-0.2, -0.15) is 0 Å². The van der Waals surface area contributed by atoms with Crippen LogP contribution in [-0.4, -0.2) is 37.2 Å². The van der Waals surface area contributed by atoms with Crippen LogP contribution in [0.5, 0.6) is 5.75 Å². The summed E-state index contributed by atoms with van der Waals surface area (Å²) in [4.78, 5) is 20.6. The zero-order valence-electron chi connectivity index (χ0n) is 19.5. The van der Waals surface area contributed by atoms with Gasteiger partial charge >= 0.3 is 0 Å². The zero-order valence-corrected chi connectivity index (χ0v) is 20.3. The zero-order chi connectivity index (χ0) is 24.7. The van der Waals surface area contributed by atoms with E-state index in [1.807, 2.05) is 6.92 Å². The number of hydrogen-bond donors (Lipinski definition) is 1. The molecule has 8 nitrogen and oxygen atoms in total. The number of carbonyl (C=O) groups excluding carboxylic acids is 1. The van der Waals surface area contributed by atoms with Gasteiger partial charge in [-0.25, -0.2) is 18.4 Å². The van der Waals surface area contributed by atoms with Gasteiger partial charge in [0.05, 0.1) is 16.4 Å². The molecule has 1 aromatic heterocycles. The van der Waals surface area contributed by atoms with Crippen LogP contribution in [0.3, 0.4) is 0 Å². The fraction of sp³-hybridized carbons (Fsp3) is 0.240. The molecule has 0 saturated carbocycles. The maximum absolute atomic E-state index is 13.1. The van der Waals surface area contributed by atoms with E-state index in [-0.39, 0.29) is 22.2 Å². The van der Waals surface area contributed by atoms with E-state index in [1.165, 1.54) is 0 Å². The molecule has 0 spiro atoms. The molecule has 1 amide bonds. The Labute approximate surface area is 199 Å². The lowest BCUT2D eigenvalue weighted by Gasteiger charge is -2.11. The molecule has 3 aromatic rings. The Bertz CT molecular complexity index is 1310. The summed E-state index contributed by atoms with van der Waals surface area (Å²) in [7, 11) is -3.68. The molecule has 34 heavy (non-hydrogen) atoms. The smallest absolute Gasteiger partial charge is 0.248 e. The average molecular weight is 481 g/mol. The van der Waals surface area contributed by atoms with Crippen LogP contribution < -0.4 is 10.1 Å². The quantitative estimate of drug-likeness (QED) is 0.344. The first-order chi connectivity index (χ1) is 16.3. The molecular formula is C25H28N4O4S. The van der Waals surface area contributed by atoms with Crippen molar-refractivity contribution < 1.29 is 17.9 Å². The summed E-state index contributed by atoms with van der Waals surface area (Å²) in [6, 6.07) is 11.5. The molecule has 0 aliphatic carbocycles. The van der Waals surface area contributed by atoms with E-state index in [4.69, 9.17) is 4.74 Å². The number of benzene rings is 2. The predicted molar refractivity (Wildman–Crippen MR) is 132 cm³/mol. The fourth-order valence-electron chi connectivity index (χ4n) is 3.26. The van der Waals surface area contributed by atoms with E-state index < -0.39 is 9.84 Å². The molecule has 0 fully saturated rings. The van der Waals surface area contributed by atoms with Crippen molar-refractivity contribution in [1.82, 2.24) is 14.9 Å². The number of hydrogen-bond acceptors (Lipinski definition) is 6. The standard InChI is InChI=1S/C25H28N4O4S/c1-5-14-33-21-8-11-23(18(2)15-21)34(31,32)22-9-6-20(7-10-22)16-28-24(30)19(3)17-29-13-12-27-25(29)26-4/h6-13,15,17H,4-5,14,16H2,1-3H3,(H,28,30)/b19-17+. The summed E-state index contributed by atoms with van der Waals surface area (Å²) < 4.78 is 33.4. The number of nitrogens with one attached hydrogen (secondary N) is 1. The van der Waals surface area contributed by atoms with Gasteiger partial charge in [-0.15, -0.1) is 0 Å². The predicted octanol–water partition coefficient (Wildman–Crippen LogP) is 4.32. The molecule has 1 heterocycles. The minimum absolute atomic E-state index is 0.188. The highest BCUT2D eigenvalue weighted by Gasteiger charge is 2.20. The van der Waals surface area contributed by atoms with Crippen molar-refractivity contribution in [1.29, 1.82) is 0 Å². The van der Waals surface area contributed by atoms with Crippen LogP contribution in [0.2, 0.25) is 0 Å². The molecular weight excluding hydrogens is 452 g/mol. The van der Waals surface area contributed by atoms with Crippen molar-refractivity contribution in [3.8, 4) is 5.75 Å². The third-order valence-corrected chi connectivity index (χ3v) is 7.01. The molecule has 178 valence electrons. The minimum atomic E-state index is -3.68. The summed E-state index contributed by atoms with van der Waals surface area (Å²) in [6.45, 7) is 9.72. The first-order valence-corrected chi connectivity index (χ1v) is 12.3. The van der Waals surface area contributed by atoms with Crippen molar-refractivity contribution >= 4 is 34.6 Å². The Hall–Kier alpha value is -3.72. The maximum Gasteiger partial charge on any atom is 0.248 e. The molecule has 2 aromatic carbocycles. The SMILES string of the molecule is C=Nc1nccn1/C=C(\C)C(=O)NCc1ccc(S(=O)(=O)c2ccc(OCCC)cc2C)cc1. The van der Waals surface area contributed by atoms with Crippen LogP contribution in [0.4, 0.5) is 5.95 Å². The van der Waals surface area contributed by atoms with E-state index >= 15 is 0 Å². The number of imidazole rings is 1. The Kier molecular flexibility index (Phi) is 8.01. The van der Waals surface area contributed by atoms with Gasteiger partial charge < -0.3 is 10.1 Å². The van der Waals surface area contributed by atoms with Gasteiger partial charge in [-0.1, -0.05) is 19.1 Å². The summed E-state index contributed by atoms with van der Waals surface area (Å²) in [6.07, 6.45) is 5.73. The van der Waals surface area contributed by atoms with Gasteiger partial charge in [-0.3, -0.25) is 9.36 Å². The number of aryl methyl sites for hydroxylation is 1. The monoisotopic (exact) mass is 480 g/mol. The topological polar surface area (TPSA) is 103 Å². The number of carbonyl (C=O) groups is 1. The third kappa shape index (κ3) is 5.79. The lowest BCUT2D eigenvalue weighted by atomic mass is 10.2. The van der Waals surface area contributed by atoms with Crippen LogP contribution in [0, 0.1) is 6.92 Å². The number of amides is 1. The van der Waals surface area contributed by atoms with Crippen LogP contribution >= 0.6 is 0 Å². The second-order valence-electron chi connectivity index (χ2n) is 7.71. The molecule has 3 rings (SSSR count). The van der Waals surface area contributed by atoms with Crippen LogP contribution in [0.1, 0.15) is 31.4 Å². The highest BCUT2D eigenvalue weighted by atomic mass is 32.2. The van der Waals surface area contributed by atoms with Gasteiger partial charge in [0.1, 0.15) is 5.75 Å². The van der Waals surface area contributed by atoms with E-state index in [2.05, 4.69) is 22.0 Å². The number of aromatic nitrogens is 2. The number of sulfone groups is 1. The first kappa shape index (κ1) is 24.9. The fourth-order valence-corrected chi connectivity index (χ4v) is 4.74. The highest BCUT2D eigenvalue weighted by molar-refractivity contribution is 7.91. The Morgan fingerprint density at radius 2 is 1.97 bits per heavy atom. The molecule has 1 N–H and O–H groups in total. The molecule has 0 unspecified atom stereocenters. The Balaban J connectivity index is 1.67. The van der Waals surface area contributed by atoms with Crippen molar-refractivity contribution in [3.63, 3.8) is 0 Å². The summed E-state index contributed by atoms with van der Waals surface area (Å²) in [5.41, 5.74) is 1.86. The highest BCUT2D eigenvalue weighted by Crippen LogP contribution is 2.27. The number of nitrogens with zero attached hydrogens (tertiary/aromatic N) is 3. The molecule has 0 bridgehead atoms. The van der Waals surface area contributed by atoms with Gasteiger partial charge in [0.2, 0.25) is 21.7 Å². The average Bonchev–Trinajstić information content (AvgIpc) is 3.28. The molecule has 0 saturated heterocycles. The van der Waals surface area contributed by atoms with Crippen molar-refractivity contribution in [2.75, 3.05) is 6.61 Å². The lowest BCUT2D eigenvalue weighted by Crippen LogP contribution is -2.23. The largest absolute Gasteiger partial charge is 0.494 e. The molecule has 0 atom stereocenters. The van der Waals surface area contributed by atoms with Gasteiger partial charge in [0, 0.05) is 30.7 Å².